The number of carbonyl (C=O) groups is 1. The van der Waals surface area contributed by atoms with Gasteiger partial charge in [0.15, 0.2) is 5.69 Å². The molecule has 7 heteroatoms. The van der Waals surface area contributed by atoms with Gasteiger partial charge in [-0.05, 0) is 49.4 Å². The van der Waals surface area contributed by atoms with Crippen molar-refractivity contribution in [3.63, 3.8) is 0 Å². The third kappa shape index (κ3) is 4.18. The van der Waals surface area contributed by atoms with Crippen LogP contribution >= 0.6 is 0 Å². The summed E-state index contributed by atoms with van der Waals surface area (Å²) >= 11 is 0. The lowest BCUT2D eigenvalue weighted by molar-refractivity contribution is -0.384. The van der Waals surface area contributed by atoms with E-state index in [0.717, 1.165) is 32.2 Å². The van der Waals surface area contributed by atoms with Crippen LogP contribution in [0.4, 0.5) is 5.69 Å². The highest BCUT2D eigenvalue weighted by atomic mass is 16.6. The molecule has 2 aromatic carbocycles. The summed E-state index contributed by atoms with van der Waals surface area (Å²) in [5, 5.41) is 15.2. The smallest absolute Gasteiger partial charge is 0.274 e. The molecule has 1 aliphatic rings. The predicted molar refractivity (Wildman–Crippen MR) is 109 cm³/mol. The first-order valence-corrected chi connectivity index (χ1v) is 9.77. The summed E-state index contributed by atoms with van der Waals surface area (Å²) in [7, 11) is 0. The second kappa shape index (κ2) is 8.26. The Morgan fingerprint density at radius 1 is 1.10 bits per heavy atom. The molecule has 1 aliphatic heterocycles. The number of amides is 1. The molecule has 0 bridgehead atoms. The van der Waals surface area contributed by atoms with E-state index in [1.165, 1.54) is 17.7 Å². The highest BCUT2D eigenvalue weighted by Gasteiger charge is 2.30. The van der Waals surface area contributed by atoms with Gasteiger partial charge < -0.3 is 4.90 Å². The molecule has 3 aromatic rings. The van der Waals surface area contributed by atoms with Gasteiger partial charge in [-0.2, -0.15) is 5.10 Å². The molecular weight excluding hydrogens is 368 g/mol. The Hall–Kier alpha value is -3.48. The lowest BCUT2D eigenvalue weighted by atomic mass is 10.0. The minimum absolute atomic E-state index is 0.0236. The molecule has 29 heavy (non-hydrogen) atoms. The minimum atomic E-state index is -0.440. The first-order chi connectivity index (χ1) is 14.1. The average Bonchev–Trinajstić information content (AvgIpc) is 3.42. The number of nitro groups is 1. The Bertz CT molecular complexity index is 998. The van der Waals surface area contributed by atoms with Gasteiger partial charge in [0.2, 0.25) is 0 Å². The standard InChI is InChI=1S/C22H22N4O3/c27-22(24-15-4-7-18(24)9-8-17-5-2-1-3-6-17)21-14-16-25(23-21)19-10-12-20(13-11-19)26(28)29/h1-3,5-6,10-14,16,18H,4,7-9,15H2. The number of hydrogen-bond donors (Lipinski definition) is 0. The van der Waals surface area contributed by atoms with Crippen molar-refractivity contribution in [2.45, 2.75) is 31.7 Å². The molecule has 1 aromatic heterocycles. The van der Waals surface area contributed by atoms with Crippen LogP contribution in [0.2, 0.25) is 0 Å². The van der Waals surface area contributed by atoms with E-state index in [9.17, 15) is 14.9 Å². The Labute approximate surface area is 168 Å². The maximum Gasteiger partial charge on any atom is 0.274 e. The van der Waals surface area contributed by atoms with Gasteiger partial charge in [0.25, 0.3) is 11.6 Å². The number of hydrogen-bond acceptors (Lipinski definition) is 4. The molecule has 7 nitrogen and oxygen atoms in total. The largest absolute Gasteiger partial charge is 0.334 e. The molecule has 4 rings (SSSR count). The summed E-state index contributed by atoms with van der Waals surface area (Å²) in [5.74, 6) is -0.0544. The van der Waals surface area contributed by atoms with E-state index in [1.54, 1.807) is 29.1 Å². The Kier molecular flexibility index (Phi) is 5.37. The Balaban J connectivity index is 1.44. The van der Waals surface area contributed by atoms with Crippen molar-refractivity contribution >= 4 is 11.6 Å². The minimum Gasteiger partial charge on any atom is -0.334 e. The molecule has 1 unspecified atom stereocenters. The van der Waals surface area contributed by atoms with E-state index in [-0.39, 0.29) is 17.6 Å². The maximum absolute atomic E-state index is 13.0. The fourth-order valence-corrected chi connectivity index (χ4v) is 3.84. The van der Waals surface area contributed by atoms with E-state index in [1.807, 2.05) is 23.1 Å². The molecule has 148 valence electrons. The molecule has 1 fully saturated rings. The van der Waals surface area contributed by atoms with Gasteiger partial charge in [-0.15, -0.1) is 0 Å². The second-order valence-electron chi connectivity index (χ2n) is 7.24. The summed E-state index contributed by atoms with van der Waals surface area (Å²) in [5.41, 5.74) is 2.39. The zero-order chi connectivity index (χ0) is 20.2. The summed E-state index contributed by atoms with van der Waals surface area (Å²) in [6.07, 6.45) is 5.63. The lowest BCUT2D eigenvalue weighted by Crippen LogP contribution is -2.36. The molecule has 0 radical (unpaired) electrons. The third-order valence-corrected chi connectivity index (χ3v) is 5.38. The van der Waals surface area contributed by atoms with Crippen LogP contribution in [0.3, 0.4) is 0 Å². The summed E-state index contributed by atoms with van der Waals surface area (Å²) in [4.78, 5) is 25.3. The van der Waals surface area contributed by atoms with Crippen LogP contribution in [0, 0.1) is 10.1 Å². The van der Waals surface area contributed by atoms with Crippen molar-refractivity contribution in [1.29, 1.82) is 0 Å². The molecule has 0 N–H and O–H groups in total. The summed E-state index contributed by atoms with van der Waals surface area (Å²) < 4.78 is 1.58. The molecule has 2 heterocycles. The summed E-state index contributed by atoms with van der Waals surface area (Å²) in [6, 6.07) is 18.4. The van der Waals surface area contributed by atoms with E-state index in [0.29, 0.717) is 11.4 Å². The quantitative estimate of drug-likeness (QED) is 0.470. The van der Waals surface area contributed by atoms with Crippen molar-refractivity contribution in [2.75, 3.05) is 6.54 Å². The van der Waals surface area contributed by atoms with Crippen LogP contribution in [-0.4, -0.2) is 38.1 Å². The Morgan fingerprint density at radius 3 is 2.59 bits per heavy atom. The number of nitro benzene ring substituents is 1. The van der Waals surface area contributed by atoms with Crippen LogP contribution in [0.1, 0.15) is 35.3 Å². The van der Waals surface area contributed by atoms with Crippen LogP contribution in [-0.2, 0) is 6.42 Å². The first kappa shape index (κ1) is 18.9. The van der Waals surface area contributed by atoms with Crippen LogP contribution in [0.5, 0.6) is 0 Å². The molecule has 1 saturated heterocycles. The average molecular weight is 390 g/mol. The number of rotatable bonds is 6. The van der Waals surface area contributed by atoms with Gasteiger partial charge >= 0.3 is 0 Å². The second-order valence-corrected chi connectivity index (χ2v) is 7.24. The van der Waals surface area contributed by atoms with Gasteiger partial charge in [0.1, 0.15) is 0 Å². The van der Waals surface area contributed by atoms with Gasteiger partial charge in [-0.3, -0.25) is 14.9 Å². The Morgan fingerprint density at radius 2 is 1.86 bits per heavy atom. The highest BCUT2D eigenvalue weighted by Crippen LogP contribution is 2.24. The van der Waals surface area contributed by atoms with Gasteiger partial charge in [0.05, 0.1) is 10.6 Å². The van der Waals surface area contributed by atoms with E-state index in [4.69, 9.17) is 0 Å². The summed E-state index contributed by atoms with van der Waals surface area (Å²) in [6.45, 7) is 0.753. The zero-order valence-electron chi connectivity index (χ0n) is 16.0. The molecule has 0 spiro atoms. The number of aryl methyl sites for hydroxylation is 1. The number of aromatic nitrogens is 2. The molecule has 1 amide bonds. The van der Waals surface area contributed by atoms with E-state index >= 15 is 0 Å². The topological polar surface area (TPSA) is 81.3 Å². The van der Waals surface area contributed by atoms with Crippen LogP contribution < -0.4 is 0 Å². The first-order valence-electron chi connectivity index (χ1n) is 9.77. The number of carbonyl (C=O) groups excluding carboxylic acids is 1. The van der Waals surface area contributed by atoms with E-state index < -0.39 is 4.92 Å². The van der Waals surface area contributed by atoms with Gasteiger partial charge in [-0.1, -0.05) is 30.3 Å². The maximum atomic E-state index is 13.0. The lowest BCUT2D eigenvalue weighted by Gasteiger charge is -2.24. The predicted octanol–water partition coefficient (Wildman–Crippen LogP) is 4.02. The zero-order valence-corrected chi connectivity index (χ0v) is 16.0. The third-order valence-electron chi connectivity index (χ3n) is 5.38. The fourth-order valence-electron chi connectivity index (χ4n) is 3.84. The molecular formula is C22H22N4O3. The van der Waals surface area contributed by atoms with Crippen molar-refractivity contribution < 1.29 is 9.72 Å². The van der Waals surface area contributed by atoms with Crippen molar-refractivity contribution in [1.82, 2.24) is 14.7 Å². The fraction of sp³-hybridized carbons (Fsp3) is 0.273. The SMILES string of the molecule is O=C(c1ccn(-c2ccc([N+](=O)[O-])cc2)n1)N1CCCC1CCc1ccccc1. The van der Waals surface area contributed by atoms with Gasteiger partial charge in [-0.25, -0.2) is 4.68 Å². The van der Waals surface area contributed by atoms with Crippen LogP contribution in [0.15, 0.2) is 66.9 Å². The number of benzene rings is 2. The molecule has 1 atom stereocenters. The van der Waals surface area contributed by atoms with Crippen LogP contribution in [0.25, 0.3) is 5.69 Å². The number of nitrogens with zero attached hydrogens (tertiary/aromatic N) is 4. The van der Waals surface area contributed by atoms with Crippen molar-refractivity contribution in [3.8, 4) is 5.69 Å². The molecule has 0 saturated carbocycles. The van der Waals surface area contributed by atoms with Crippen molar-refractivity contribution in [3.05, 3.63) is 88.2 Å². The molecule has 0 aliphatic carbocycles. The number of likely N-dealkylation sites (tertiary alicyclic amines) is 1. The number of non-ortho nitro benzene ring substituents is 1. The van der Waals surface area contributed by atoms with E-state index in [2.05, 4.69) is 17.2 Å². The monoisotopic (exact) mass is 390 g/mol. The highest BCUT2D eigenvalue weighted by molar-refractivity contribution is 5.92. The van der Waals surface area contributed by atoms with Crippen molar-refractivity contribution in [2.24, 2.45) is 0 Å². The van der Waals surface area contributed by atoms with Gasteiger partial charge in [0, 0.05) is 30.9 Å². The normalized spacial score (nSPS) is 16.1.